The summed E-state index contributed by atoms with van der Waals surface area (Å²) in [5, 5.41) is 8.49. The fraction of sp³-hybridized carbons (Fsp3) is 0.941. The first-order valence-electron chi connectivity index (χ1n) is 8.64. The Bertz CT molecular complexity index is 221. The van der Waals surface area contributed by atoms with Crippen molar-refractivity contribution in [1.82, 2.24) is 0 Å². The smallest absolute Gasteiger partial charge is 0.303 e. The topological polar surface area (TPSA) is 37.3 Å². The lowest BCUT2D eigenvalue weighted by Crippen LogP contribution is -1.93. The van der Waals surface area contributed by atoms with Gasteiger partial charge in [-0.05, 0) is 6.42 Å². The summed E-state index contributed by atoms with van der Waals surface area (Å²) in [6.45, 7) is 2.26. The highest BCUT2D eigenvalue weighted by Crippen LogP contribution is 2.12. The van der Waals surface area contributed by atoms with E-state index in [0.29, 0.717) is 6.42 Å². The minimum atomic E-state index is -0.750. The number of alkyl halides is 3. The summed E-state index contributed by atoms with van der Waals surface area (Å²) in [6.07, 6.45) is 17.3. The molecular formula is C17H33Cl3O2. The van der Waals surface area contributed by atoms with Crippen LogP contribution in [-0.2, 0) is 4.79 Å². The van der Waals surface area contributed by atoms with E-state index in [1.165, 1.54) is 70.6 Å². The fourth-order valence-corrected chi connectivity index (χ4v) is 2.29. The molecule has 0 rings (SSSR count). The van der Waals surface area contributed by atoms with E-state index in [1.54, 1.807) is 0 Å². The predicted octanol–water partition coefficient (Wildman–Crippen LogP) is 7.54. The molecule has 0 saturated carbocycles. The Morgan fingerprint density at radius 1 is 0.727 bits per heavy atom. The fourth-order valence-electron chi connectivity index (χ4n) is 2.29. The van der Waals surface area contributed by atoms with Crippen molar-refractivity contribution >= 4 is 40.8 Å². The van der Waals surface area contributed by atoms with Crippen LogP contribution in [-0.4, -0.2) is 15.4 Å². The maximum absolute atomic E-state index is 10.3. The molecule has 22 heavy (non-hydrogen) atoms. The average Bonchev–Trinajstić information content (AvgIpc) is 2.43. The standard InChI is InChI=1S/C16H32O2.CHCl3/c1-2-3-4-5-6-7-8-9-10-11-12-13-14-15-16(17)18;2-1(3)4/h2-15H2,1H3,(H,17,18);1H. The third-order valence-electron chi connectivity index (χ3n) is 3.49. The molecule has 134 valence electrons. The van der Waals surface area contributed by atoms with Crippen molar-refractivity contribution in [3.63, 3.8) is 0 Å². The van der Waals surface area contributed by atoms with E-state index in [1.807, 2.05) is 0 Å². The third kappa shape index (κ3) is 32.3. The van der Waals surface area contributed by atoms with E-state index in [4.69, 9.17) is 39.9 Å². The van der Waals surface area contributed by atoms with Gasteiger partial charge >= 0.3 is 5.97 Å². The molecule has 0 aromatic rings. The second-order valence-electron chi connectivity index (χ2n) is 5.63. The number of carboxylic acid groups (broad SMARTS) is 1. The molecule has 0 bridgehead atoms. The van der Waals surface area contributed by atoms with Gasteiger partial charge in [-0.1, -0.05) is 119 Å². The number of hydrogen-bond donors (Lipinski definition) is 1. The molecule has 1 N–H and O–H groups in total. The summed E-state index contributed by atoms with van der Waals surface area (Å²) >= 11 is 14.4. The van der Waals surface area contributed by atoms with Crippen LogP contribution < -0.4 is 0 Å². The number of unbranched alkanes of at least 4 members (excludes halogenated alkanes) is 12. The molecule has 0 saturated heterocycles. The molecule has 0 radical (unpaired) electrons. The van der Waals surface area contributed by atoms with Crippen molar-refractivity contribution < 1.29 is 9.90 Å². The van der Waals surface area contributed by atoms with Gasteiger partial charge in [-0.2, -0.15) is 0 Å². The van der Waals surface area contributed by atoms with Crippen molar-refractivity contribution in [3.8, 4) is 0 Å². The van der Waals surface area contributed by atoms with E-state index in [-0.39, 0.29) is 0 Å². The van der Waals surface area contributed by atoms with Crippen molar-refractivity contribution in [2.45, 2.75) is 101 Å². The van der Waals surface area contributed by atoms with Gasteiger partial charge in [-0.25, -0.2) is 0 Å². The number of carbonyl (C=O) groups is 1. The first-order chi connectivity index (χ1) is 10.5. The van der Waals surface area contributed by atoms with Crippen LogP contribution in [0, 0.1) is 0 Å². The molecule has 5 heteroatoms. The number of aliphatic carboxylic acids is 1. The van der Waals surface area contributed by atoms with Gasteiger partial charge in [0, 0.05) is 6.42 Å². The van der Waals surface area contributed by atoms with Crippen LogP contribution in [0.15, 0.2) is 0 Å². The van der Waals surface area contributed by atoms with E-state index >= 15 is 0 Å². The normalized spacial score (nSPS) is 10.4. The van der Waals surface area contributed by atoms with E-state index in [9.17, 15) is 4.79 Å². The molecule has 0 atom stereocenters. The summed E-state index contributed by atoms with van der Waals surface area (Å²) in [4.78, 5) is 10.3. The van der Waals surface area contributed by atoms with Crippen LogP contribution in [0.2, 0.25) is 0 Å². The summed E-state index contributed by atoms with van der Waals surface area (Å²) in [5.74, 6) is -0.655. The van der Waals surface area contributed by atoms with Gasteiger partial charge in [0.2, 0.25) is 0 Å². The van der Waals surface area contributed by atoms with Gasteiger partial charge in [0.15, 0.2) is 4.30 Å². The molecule has 0 amide bonds. The maximum Gasteiger partial charge on any atom is 0.303 e. The highest BCUT2D eigenvalue weighted by molar-refractivity contribution is 6.63. The minimum absolute atomic E-state index is 0.345. The summed E-state index contributed by atoms with van der Waals surface area (Å²) < 4.78 is -0.750. The largest absolute Gasteiger partial charge is 0.481 e. The third-order valence-corrected chi connectivity index (χ3v) is 3.49. The summed E-state index contributed by atoms with van der Waals surface area (Å²) in [7, 11) is 0. The highest BCUT2D eigenvalue weighted by Gasteiger charge is 1.96. The molecule has 2 nitrogen and oxygen atoms in total. The molecule has 0 aromatic carbocycles. The van der Waals surface area contributed by atoms with Gasteiger partial charge in [-0.3, -0.25) is 4.79 Å². The molecule has 0 aromatic heterocycles. The summed E-state index contributed by atoms with van der Waals surface area (Å²) in [5.41, 5.74) is 0. The second kappa shape index (κ2) is 21.3. The average molecular weight is 376 g/mol. The summed E-state index contributed by atoms with van der Waals surface area (Å²) in [6, 6.07) is 0. The van der Waals surface area contributed by atoms with Gasteiger partial charge in [0.1, 0.15) is 0 Å². The molecule has 0 heterocycles. The molecule has 0 spiro atoms. The van der Waals surface area contributed by atoms with Crippen LogP contribution in [0.5, 0.6) is 0 Å². The lowest BCUT2D eigenvalue weighted by Gasteiger charge is -2.02. The van der Waals surface area contributed by atoms with Crippen LogP contribution >= 0.6 is 34.8 Å². The van der Waals surface area contributed by atoms with Crippen LogP contribution in [0.3, 0.4) is 0 Å². The quantitative estimate of drug-likeness (QED) is 0.251. The van der Waals surface area contributed by atoms with Crippen molar-refractivity contribution in [1.29, 1.82) is 0 Å². The zero-order valence-electron chi connectivity index (χ0n) is 14.0. The van der Waals surface area contributed by atoms with Crippen molar-refractivity contribution in [2.24, 2.45) is 0 Å². The molecule has 0 aliphatic heterocycles. The van der Waals surface area contributed by atoms with Crippen molar-refractivity contribution in [2.75, 3.05) is 0 Å². The Balaban J connectivity index is 0. The van der Waals surface area contributed by atoms with Crippen LogP contribution in [0.25, 0.3) is 0 Å². The SMILES string of the molecule is CCCCCCCCCCCCCCCC(=O)O.ClC(Cl)Cl. The lowest BCUT2D eigenvalue weighted by molar-refractivity contribution is -0.137. The highest BCUT2D eigenvalue weighted by atomic mass is 35.6. The Kier molecular flexibility index (Phi) is 23.9. The van der Waals surface area contributed by atoms with Gasteiger partial charge in [-0.15, -0.1) is 0 Å². The Morgan fingerprint density at radius 2 is 1.00 bits per heavy atom. The van der Waals surface area contributed by atoms with E-state index in [2.05, 4.69) is 6.92 Å². The maximum atomic E-state index is 10.3. The number of rotatable bonds is 14. The molecule has 0 aliphatic rings. The second-order valence-corrected chi connectivity index (χ2v) is 7.61. The zero-order chi connectivity index (χ0) is 17.1. The molecule has 0 fully saturated rings. The number of halogens is 3. The van der Waals surface area contributed by atoms with Crippen LogP contribution in [0.1, 0.15) is 96.8 Å². The van der Waals surface area contributed by atoms with Gasteiger partial charge in [0.05, 0.1) is 0 Å². The monoisotopic (exact) mass is 374 g/mol. The van der Waals surface area contributed by atoms with Crippen LogP contribution in [0.4, 0.5) is 0 Å². The first-order valence-corrected chi connectivity index (χ1v) is 9.95. The molecule has 0 unspecified atom stereocenters. The first kappa shape index (κ1) is 24.6. The van der Waals surface area contributed by atoms with E-state index in [0.717, 1.165) is 12.8 Å². The Morgan fingerprint density at radius 3 is 1.27 bits per heavy atom. The lowest BCUT2D eigenvalue weighted by atomic mass is 10.0. The van der Waals surface area contributed by atoms with Gasteiger partial charge < -0.3 is 5.11 Å². The molecule has 0 aliphatic carbocycles. The van der Waals surface area contributed by atoms with Gasteiger partial charge in [0.25, 0.3) is 0 Å². The Hall–Kier alpha value is 0.340. The number of carboxylic acids is 1. The number of hydrogen-bond acceptors (Lipinski definition) is 1. The predicted molar refractivity (Wildman–Crippen MR) is 99.3 cm³/mol. The van der Waals surface area contributed by atoms with E-state index < -0.39 is 10.3 Å². The van der Waals surface area contributed by atoms with Crippen molar-refractivity contribution in [3.05, 3.63) is 0 Å². The minimum Gasteiger partial charge on any atom is -0.481 e. The molecular weight excluding hydrogens is 343 g/mol. The zero-order valence-corrected chi connectivity index (χ0v) is 16.2. The Labute approximate surface area is 151 Å².